The van der Waals surface area contributed by atoms with Crippen molar-refractivity contribution >= 4 is 23.4 Å². The average molecular weight is 461 g/mol. The van der Waals surface area contributed by atoms with E-state index in [1.807, 2.05) is 36.4 Å². The third-order valence-corrected chi connectivity index (χ3v) is 5.72. The molecule has 1 aliphatic rings. The quantitative estimate of drug-likeness (QED) is 0.454. The Kier molecular flexibility index (Phi) is 8.29. The van der Waals surface area contributed by atoms with E-state index in [4.69, 9.17) is 4.74 Å². The number of aromatic nitrogens is 2. The number of nitrogens with one attached hydrogen (secondary N) is 2. The summed E-state index contributed by atoms with van der Waals surface area (Å²) in [5.41, 5.74) is 2.01. The van der Waals surface area contributed by atoms with Gasteiger partial charge in [-0.05, 0) is 36.2 Å². The van der Waals surface area contributed by atoms with Crippen molar-refractivity contribution in [3.8, 4) is 5.75 Å². The Labute approximate surface area is 201 Å². The Hall–Kier alpha value is -3.65. The highest BCUT2D eigenvalue weighted by Crippen LogP contribution is 2.19. The molecule has 0 unspecified atom stereocenters. The number of piperazine rings is 1. The van der Waals surface area contributed by atoms with Crippen LogP contribution in [0.5, 0.6) is 5.75 Å². The van der Waals surface area contributed by atoms with Crippen LogP contribution in [-0.2, 0) is 6.54 Å². The lowest BCUT2D eigenvalue weighted by Crippen LogP contribution is -2.46. The molecular weight excluding hydrogens is 428 g/mol. The molecule has 0 bridgehead atoms. The topological polar surface area (TPSA) is 82.6 Å². The van der Waals surface area contributed by atoms with Gasteiger partial charge in [0.1, 0.15) is 23.7 Å². The van der Waals surface area contributed by atoms with E-state index in [1.165, 1.54) is 11.9 Å². The van der Waals surface area contributed by atoms with Gasteiger partial charge in [0, 0.05) is 44.5 Å². The molecule has 8 heteroatoms. The molecule has 1 aromatic heterocycles. The molecular formula is C26H32N6O2. The van der Waals surface area contributed by atoms with Gasteiger partial charge in [-0.1, -0.05) is 43.7 Å². The number of carbonyl (C=O) groups excluding carboxylic acids is 1. The van der Waals surface area contributed by atoms with E-state index >= 15 is 0 Å². The summed E-state index contributed by atoms with van der Waals surface area (Å²) in [6.07, 6.45) is 3.60. The van der Waals surface area contributed by atoms with Crippen molar-refractivity contribution in [1.82, 2.24) is 14.9 Å². The first-order valence-electron chi connectivity index (χ1n) is 11.8. The number of rotatable bonds is 9. The van der Waals surface area contributed by atoms with E-state index in [1.54, 1.807) is 0 Å². The molecule has 3 aromatic rings. The summed E-state index contributed by atoms with van der Waals surface area (Å²) in [5.74, 6) is 2.08. The van der Waals surface area contributed by atoms with Crippen LogP contribution in [0.15, 0.2) is 67.0 Å². The largest absolute Gasteiger partial charge is 0.494 e. The molecule has 1 saturated heterocycles. The Morgan fingerprint density at radius 3 is 2.47 bits per heavy atom. The predicted molar refractivity (Wildman–Crippen MR) is 135 cm³/mol. The van der Waals surface area contributed by atoms with Crippen LogP contribution in [0.25, 0.3) is 0 Å². The Morgan fingerprint density at radius 2 is 1.74 bits per heavy atom. The smallest absolute Gasteiger partial charge is 0.324 e. The summed E-state index contributed by atoms with van der Waals surface area (Å²) in [6.45, 7) is 7.45. The maximum absolute atomic E-state index is 12.4. The van der Waals surface area contributed by atoms with Crippen LogP contribution in [0.3, 0.4) is 0 Å². The number of benzene rings is 2. The molecule has 2 amide bonds. The monoisotopic (exact) mass is 460 g/mol. The fraction of sp³-hybridized carbons (Fsp3) is 0.346. The van der Waals surface area contributed by atoms with E-state index in [-0.39, 0.29) is 6.03 Å². The van der Waals surface area contributed by atoms with Crippen molar-refractivity contribution in [1.29, 1.82) is 0 Å². The zero-order valence-electron chi connectivity index (χ0n) is 19.6. The van der Waals surface area contributed by atoms with Crippen molar-refractivity contribution in [2.45, 2.75) is 26.3 Å². The van der Waals surface area contributed by atoms with Crippen LogP contribution in [0.1, 0.15) is 25.3 Å². The summed E-state index contributed by atoms with van der Waals surface area (Å²) >= 11 is 0. The minimum Gasteiger partial charge on any atom is -0.494 e. The number of hydrogen-bond donors (Lipinski definition) is 2. The Balaban J connectivity index is 1.26. The van der Waals surface area contributed by atoms with Crippen LogP contribution in [0, 0.1) is 0 Å². The molecule has 8 nitrogen and oxygen atoms in total. The predicted octanol–water partition coefficient (Wildman–Crippen LogP) is 4.62. The van der Waals surface area contributed by atoms with Crippen molar-refractivity contribution in [2.24, 2.45) is 0 Å². The van der Waals surface area contributed by atoms with Crippen molar-refractivity contribution in [3.05, 3.63) is 72.6 Å². The molecule has 34 heavy (non-hydrogen) atoms. The van der Waals surface area contributed by atoms with Gasteiger partial charge in [0.05, 0.1) is 6.61 Å². The highest BCUT2D eigenvalue weighted by molar-refractivity contribution is 5.99. The van der Waals surface area contributed by atoms with Crippen molar-refractivity contribution in [3.63, 3.8) is 0 Å². The minimum absolute atomic E-state index is 0.350. The van der Waals surface area contributed by atoms with Gasteiger partial charge in [-0.2, -0.15) is 0 Å². The molecule has 2 heterocycles. The van der Waals surface area contributed by atoms with E-state index in [2.05, 4.69) is 61.6 Å². The summed E-state index contributed by atoms with van der Waals surface area (Å²) in [6, 6.07) is 19.3. The highest BCUT2D eigenvalue weighted by atomic mass is 16.5. The highest BCUT2D eigenvalue weighted by Gasteiger charge is 2.19. The molecule has 2 N–H and O–H groups in total. The van der Waals surface area contributed by atoms with Crippen molar-refractivity contribution in [2.75, 3.05) is 48.3 Å². The van der Waals surface area contributed by atoms with Crippen molar-refractivity contribution < 1.29 is 9.53 Å². The van der Waals surface area contributed by atoms with Gasteiger partial charge >= 0.3 is 6.03 Å². The SMILES string of the molecule is CCCCOc1ccc(NC(=O)Nc2cc(N3CCN(Cc4ccccc4)CC3)ncn2)cc1. The standard InChI is InChI=1S/C26H32N6O2/c1-2-3-17-34-23-11-9-22(10-12-23)29-26(33)30-24-18-25(28-20-27-24)32-15-13-31(14-16-32)19-21-7-5-4-6-8-21/h4-12,18,20H,2-3,13-17,19H2,1H3,(H2,27,28,29,30,33). The fourth-order valence-corrected chi connectivity index (χ4v) is 3.81. The van der Waals surface area contributed by atoms with Crippen LogP contribution >= 0.6 is 0 Å². The first-order valence-corrected chi connectivity index (χ1v) is 11.8. The van der Waals surface area contributed by atoms with Gasteiger partial charge in [0.15, 0.2) is 0 Å². The number of carbonyl (C=O) groups is 1. The van der Waals surface area contributed by atoms with E-state index < -0.39 is 0 Å². The lowest BCUT2D eigenvalue weighted by Gasteiger charge is -2.35. The van der Waals surface area contributed by atoms with Gasteiger partial charge in [-0.15, -0.1) is 0 Å². The van der Waals surface area contributed by atoms with Crippen LogP contribution in [0.2, 0.25) is 0 Å². The molecule has 178 valence electrons. The lowest BCUT2D eigenvalue weighted by atomic mass is 10.2. The second-order valence-corrected chi connectivity index (χ2v) is 8.32. The van der Waals surface area contributed by atoms with Gasteiger partial charge < -0.3 is 15.0 Å². The first kappa shape index (κ1) is 23.5. The number of anilines is 3. The summed E-state index contributed by atoms with van der Waals surface area (Å²) in [5, 5.41) is 5.62. The van der Waals surface area contributed by atoms with E-state index in [0.717, 1.165) is 57.1 Å². The summed E-state index contributed by atoms with van der Waals surface area (Å²) < 4.78 is 5.66. The number of ether oxygens (including phenoxy) is 1. The Morgan fingerprint density at radius 1 is 0.971 bits per heavy atom. The molecule has 0 saturated carbocycles. The summed E-state index contributed by atoms with van der Waals surface area (Å²) in [7, 11) is 0. The number of amides is 2. The van der Waals surface area contributed by atoms with Crippen LogP contribution < -0.4 is 20.3 Å². The molecule has 0 radical (unpaired) electrons. The Bertz CT molecular complexity index is 1040. The van der Waals surface area contributed by atoms with E-state index in [9.17, 15) is 4.79 Å². The molecule has 0 aliphatic carbocycles. The third-order valence-electron chi connectivity index (χ3n) is 5.72. The molecule has 4 rings (SSSR count). The lowest BCUT2D eigenvalue weighted by molar-refractivity contribution is 0.249. The van der Waals surface area contributed by atoms with Gasteiger partial charge in [-0.25, -0.2) is 14.8 Å². The molecule has 2 aromatic carbocycles. The maximum Gasteiger partial charge on any atom is 0.324 e. The molecule has 1 aliphatic heterocycles. The first-order chi connectivity index (χ1) is 16.7. The number of unbranched alkanes of at least 4 members (excludes halogenated alkanes) is 1. The zero-order valence-corrected chi connectivity index (χ0v) is 19.6. The van der Waals surface area contributed by atoms with E-state index in [0.29, 0.717) is 18.1 Å². The summed E-state index contributed by atoms with van der Waals surface area (Å²) in [4.78, 5) is 25.7. The fourth-order valence-electron chi connectivity index (χ4n) is 3.81. The molecule has 1 fully saturated rings. The number of hydrogen-bond acceptors (Lipinski definition) is 6. The maximum atomic E-state index is 12.4. The average Bonchev–Trinajstić information content (AvgIpc) is 2.86. The van der Waals surface area contributed by atoms with Gasteiger partial charge in [-0.3, -0.25) is 10.2 Å². The number of urea groups is 1. The van der Waals surface area contributed by atoms with Crippen LogP contribution in [-0.4, -0.2) is 53.7 Å². The third kappa shape index (κ3) is 6.92. The minimum atomic E-state index is -0.350. The normalized spacial score (nSPS) is 14.0. The molecule has 0 spiro atoms. The molecule has 0 atom stereocenters. The second kappa shape index (κ2) is 12.0. The van der Waals surface area contributed by atoms with Gasteiger partial charge in [0.2, 0.25) is 0 Å². The van der Waals surface area contributed by atoms with Crippen LogP contribution in [0.4, 0.5) is 22.1 Å². The second-order valence-electron chi connectivity index (χ2n) is 8.32. The number of nitrogens with zero attached hydrogens (tertiary/aromatic N) is 4. The zero-order chi connectivity index (χ0) is 23.6. The van der Waals surface area contributed by atoms with Gasteiger partial charge in [0.25, 0.3) is 0 Å².